The normalized spacial score (nSPS) is 15.8. The fraction of sp³-hybridized carbons (Fsp3) is 0.350. The van der Waals surface area contributed by atoms with Crippen LogP contribution in [0.4, 0.5) is 0 Å². The molecule has 1 atom stereocenters. The van der Waals surface area contributed by atoms with E-state index in [1.54, 1.807) is 12.1 Å². The number of hydrogen-bond acceptors (Lipinski definition) is 4. The van der Waals surface area contributed by atoms with Gasteiger partial charge in [-0.1, -0.05) is 48.5 Å². The van der Waals surface area contributed by atoms with Crippen LogP contribution in [0.25, 0.3) is 0 Å². The van der Waals surface area contributed by atoms with Crippen molar-refractivity contribution in [3.63, 3.8) is 0 Å². The lowest BCUT2D eigenvalue weighted by Crippen LogP contribution is -2.37. The largest absolute Gasteiger partial charge is 0.454 e. The molecule has 4 nitrogen and oxygen atoms in total. The van der Waals surface area contributed by atoms with Crippen LogP contribution in [0.5, 0.6) is 0 Å². The molecule has 2 aromatic rings. The smallest absolute Gasteiger partial charge is 0.338 e. The number of hydrogen-bond donors (Lipinski definition) is 0. The molecule has 1 fully saturated rings. The molecule has 1 unspecified atom stereocenters. The summed E-state index contributed by atoms with van der Waals surface area (Å²) in [5.41, 5.74) is 1.62. The number of ether oxygens (including phenoxy) is 2. The highest BCUT2D eigenvalue weighted by molar-refractivity contribution is 5.89. The summed E-state index contributed by atoms with van der Waals surface area (Å²) in [4.78, 5) is 14.8. The molecule has 0 radical (unpaired) electrons. The zero-order chi connectivity index (χ0) is 16.6. The molecular weight excluding hydrogens is 338 g/mol. The van der Waals surface area contributed by atoms with Crippen LogP contribution in [0.15, 0.2) is 60.7 Å². The second kappa shape index (κ2) is 10.2. The van der Waals surface area contributed by atoms with Gasteiger partial charge in [-0.15, -0.1) is 12.4 Å². The number of rotatable bonds is 6. The van der Waals surface area contributed by atoms with Gasteiger partial charge in [0.05, 0.1) is 18.8 Å². The number of halogens is 1. The highest BCUT2D eigenvalue weighted by Gasteiger charge is 2.20. The van der Waals surface area contributed by atoms with Crippen molar-refractivity contribution in [3.05, 3.63) is 71.8 Å². The number of carbonyl (C=O) groups is 1. The van der Waals surface area contributed by atoms with Crippen molar-refractivity contribution >= 4 is 18.4 Å². The maximum Gasteiger partial charge on any atom is 0.338 e. The molecule has 3 rings (SSSR count). The van der Waals surface area contributed by atoms with E-state index in [1.165, 1.54) is 0 Å². The molecular formula is C20H24ClNO3. The van der Waals surface area contributed by atoms with Crippen molar-refractivity contribution in [1.82, 2.24) is 4.90 Å². The van der Waals surface area contributed by atoms with Crippen LogP contribution in [0.3, 0.4) is 0 Å². The van der Waals surface area contributed by atoms with E-state index in [9.17, 15) is 4.79 Å². The Hall–Kier alpha value is -1.88. The zero-order valence-electron chi connectivity index (χ0n) is 14.2. The van der Waals surface area contributed by atoms with Crippen LogP contribution in [-0.2, 0) is 9.47 Å². The maximum absolute atomic E-state index is 12.4. The molecule has 1 saturated heterocycles. The van der Waals surface area contributed by atoms with Crippen molar-refractivity contribution in [2.45, 2.75) is 12.5 Å². The van der Waals surface area contributed by atoms with Crippen molar-refractivity contribution in [2.24, 2.45) is 0 Å². The fourth-order valence-corrected chi connectivity index (χ4v) is 2.86. The second-order valence-electron chi connectivity index (χ2n) is 5.91. The van der Waals surface area contributed by atoms with Gasteiger partial charge in [0.25, 0.3) is 0 Å². The topological polar surface area (TPSA) is 38.8 Å². The molecule has 0 bridgehead atoms. The van der Waals surface area contributed by atoms with E-state index in [2.05, 4.69) is 4.90 Å². The van der Waals surface area contributed by atoms with Crippen LogP contribution >= 0.6 is 12.4 Å². The summed E-state index contributed by atoms with van der Waals surface area (Å²) >= 11 is 0. The summed E-state index contributed by atoms with van der Waals surface area (Å²) in [6.45, 7) is 4.33. The first-order chi connectivity index (χ1) is 11.8. The highest BCUT2D eigenvalue weighted by Crippen LogP contribution is 2.23. The molecule has 0 aromatic heterocycles. The summed E-state index contributed by atoms with van der Waals surface area (Å²) < 4.78 is 11.2. The van der Waals surface area contributed by atoms with Crippen molar-refractivity contribution in [2.75, 3.05) is 32.8 Å². The molecule has 134 valence electrons. The zero-order valence-corrected chi connectivity index (χ0v) is 15.0. The number of esters is 1. The molecule has 0 amide bonds. The quantitative estimate of drug-likeness (QED) is 0.735. The molecule has 0 saturated carbocycles. The fourth-order valence-electron chi connectivity index (χ4n) is 2.86. The van der Waals surface area contributed by atoms with E-state index in [0.717, 1.165) is 44.8 Å². The third-order valence-corrected chi connectivity index (χ3v) is 4.24. The molecule has 0 aliphatic carbocycles. The van der Waals surface area contributed by atoms with Gasteiger partial charge >= 0.3 is 5.97 Å². The van der Waals surface area contributed by atoms with Gasteiger partial charge in [0.2, 0.25) is 0 Å². The lowest BCUT2D eigenvalue weighted by molar-refractivity contribution is 0.0130. The van der Waals surface area contributed by atoms with Crippen LogP contribution in [0.2, 0.25) is 0 Å². The SMILES string of the molecule is Cl.O=C(OC(CCN1CCOCC1)c1ccccc1)c1ccccc1. The lowest BCUT2D eigenvalue weighted by Gasteiger charge is -2.28. The van der Waals surface area contributed by atoms with E-state index in [-0.39, 0.29) is 24.5 Å². The van der Waals surface area contributed by atoms with Gasteiger partial charge < -0.3 is 9.47 Å². The first-order valence-corrected chi connectivity index (χ1v) is 8.44. The number of benzene rings is 2. The summed E-state index contributed by atoms with van der Waals surface area (Å²) in [5, 5.41) is 0. The molecule has 1 aliphatic heterocycles. The maximum atomic E-state index is 12.4. The van der Waals surface area contributed by atoms with Crippen molar-refractivity contribution < 1.29 is 14.3 Å². The minimum atomic E-state index is -0.272. The molecule has 0 N–H and O–H groups in total. The predicted molar refractivity (Wildman–Crippen MR) is 100 cm³/mol. The van der Waals surface area contributed by atoms with Crippen molar-refractivity contribution in [3.8, 4) is 0 Å². The minimum absolute atomic E-state index is 0. The molecule has 1 aliphatic rings. The number of morpholine rings is 1. The van der Waals surface area contributed by atoms with Crippen LogP contribution in [0.1, 0.15) is 28.4 Å². The summed E-state index contributed by atoms with van der Waals surface area (Å²) in [7, 11) is 0. The van der Waals surface area contributed by atoms with Gasteiger partial charge in [-0.25, -0.2) is 4.79 Å². The molecule has 0 spiro atoms. The third-order valence-electron chi connectivity index (χ3n) is 4.24. The van der Waals surface area contributed by atoms with Crippen molar-refractivity contribution in [1.29, 1.82) is 0 Å². The number of nitrogens with zero attached hydrogens (tertiary/aromatic N) is 1. The molecule has 2 aromatic carbocycles. The van der Waals surface area contributed by atoms with Crippen LogP contribution < -0.4 is 0 Å². The van der Waals surface area contributed by atoms with Gasteiger partial charge in [0.1, 0.15) is 6.10 Å². The lowest BCUT2D eigenvalue weighted by atomic mass is 10.1. The van der Waals surface area contributed by atoms with E-state index in [4.69, 9.17) is 9.47 Å². The standard InChI is InChI=1S/C20H23NO3.ClH/c22-20(18-9-5-2-6-10-18)24-19(17-7-3-1-4-8-17)11-12-21-13-15-23-16-14-21;/h1-10,19H,11-16H2;1H. The third kappa shape index (κ3) is 5.85. The van der Waals surface area contributed by atoms with E-state index in [1.807, 2.05) is 48.5 Å². The average Bonchev–Trinajstić information content (AvgIpc) is 2.67. The van der Waals surface area contributed by atoms with E-state index < -0.39 is 0 Å². The Kier molecular flexibility index (Phi) is 7.92. The minimum Gasteiger partial charge on any atom is -0.454 e. The first kappa shape index (κ1) is 19.4. The molecule has 1 heterocycles. The second-order valence-corrected chi connectivity index (χ2v) is 5.91. The van der Waals surface area contributed by atoms with Crippen LogP contribution in [-0.4, -0.2) is 43.7 Å². The van der Waals surface area contributed by atoms with E-state index >= 15 is 0 Å². The molecule has 25 heavy (non-hydrogen) atoms. The first-order valence-electron chi connectivity index (χ1n) is 8.44. The van der Waals surface area contributed by atoms with Gasteiger partial charge in [0.15, 0.2) is 0 Å². The summed E-state index contributed by atoms with van der Waals surface area (Å²) in [5.74, 6) is -0.272. The Morgan fingerprint density at radius 3 is 2.24 bits per heavy atom. The Morgan fingerprint density at radius 1 is 1.00 bits per heavy atom. The summed E-state index contributed by atoms with van der Waals surface area (Å²) in [6, 6.07) is 19.1. The Labute approximate surface area is 155 Å². The van der Waals surface area contributed by atoms with E-state index in [0.29, 0.717) is 5.56 Å². The molecule has 5 heteroatoms. The number of carbonyl (C=O) groups excluding carboxylic acids is 1. The van der Waals surface area contributed by atoms with Gasteiger partial charge in [-0.3, -0.25) is 4.90 Å². The monoisotopic (exact) mass is 361 g/mol. The average molecular weight is 362 g/mol. The van der Waals surface area contributed by atoms with Crippen LogP contribution in [0, 0.1) is 0 Å². The van der Waals surface area contributed by atoms with Gasteiger partial charge in [0, 0.05) is 26.1 Å². The summed E-state index contributed by atoms with van der Waals surface area (Å²) in [6.07, 6.45) is 0.546. The predicted octanol–water partition coefficient (Wildman–Crippen LogP) is 3.73. The van der Waals surface area contributed by atoms with Gasteiger partial charge in [-0.05, 0) is 17.7 Å². The van der Waals surface area contributed by atoms with Gasteiger partial charge in [-0.2, -0.15) is 0 Å². The Bertz CT molecular complexity index is 630. The highest BCUT2D eigenvalue weighted by atomic mass is 35.5. The Balaban J connectivity index is 0.00000225. The Morgan fingerprint density at radius 2 is 1.60 bits per heavy atom.